The Kier molecular flexibility index (Phi) is 5.97. The number of carboxylic acid groups (broad SMARTS) is 1. The molecular weight excluding hydrogens is 236 g/mol. The number of carbonyl (C=O) groups is 1. The highest BCUT2D eigenvalue weighted by molar-refractivity contribution is 7.98. The van der Waals surface area contributed by atoms with Crippen molar-refractivity contribution < 1.29 is 9.90 Å². The first-order chi connectivity index (χ1) is 8.19. The summed E-state index contributed by atoms with van der Waals surface area (Å²) in [6, 6.07) is 0. The molecule has 0 radical (unpaired) electrons. The molecule has 0 aliphatic carbocycles. The van der Waals surface area contributed by atoms with Gasteiger partial charge in [-0.05, 0) is 18.6 Å². The van der Waals surface area contributed by atoms with Gasteiger partial charge in [-0.25, -0.2) is 14.8 Å². The SMILES string of the molecule is CCCSCc1ncc(C(=O)O)c(CCC)n1. The monoisotopic (exact) mass is 254 g/mol. The third-order valence-corrected chi connectivity index (χ3v) is 3.37. The summed E-state index contributed by atoms with van der Waals surface area (Å²) in [5.41, 5.74) is 0.887. The number of aromatic carboxylic acids is 1. The summed E-state index contributed by atoms with van der Waals surface area (Å²) in [7, 11) is 0. The van der Waals surface area contributed by atoms with Crippen LogP contribution in [0.4, 0.5) is 0 Å². The summed E-state index contributed by atoms with van der Waals surface area (Å²) in [5.74, 6) is 1.62. The van der Waals surface area contributed by atoms with Crippen molar-refractivity contribution >= 4 is 17.7 Å². The third kappa shape index (κ3) is 4.34. The molecule has 0 saturated carbocycles. The smallest absolute Gasteiger partial charge is 0.339 e. The van der Waals surface area contributed by atoms with Crippen molar-refractivity contribution in [2.24, 2.45) is 0 Å². The minimum atomic E-state index is -0.943. The summed E-state index contributed by atoms with van der Waals surface area (Å²) in [6.07, 6.45) is 4.14. The van der Waals surface area contributed by atoms with E-state index in [0.29, 0.717) is 12.1 Å². The molecule has 0 atom stereocenters. The van der Waals surface area contributed by atoms with Crippen molar-refractivity contribution in [3.05, 3.63) is 23.3 Å². The first kappa shape index (κ1) is 14.0. The maximum atomic E-state index is 11.0. The van der Waals surface area contributed by atoms with Gasteiger partial charge >= 0.3 is 5.97 Å². The molecular formula is C12H18N2O2S. The lowest BCUT2D eigenvalue weighted by molar-refractivity contribution is 0.0694. The van der Waals surface area contributed by atoms with E-state index in [1.165, 1.54) is 6.20 Å². The number of nitrogens with zero attached hydrogens (tertiary/aromatic N) is 2. The molecule has 0 unspecified atom stereocenters. The minimum Gasteiger partial charge on any atom is -0.478 e. The topological polar surface area (TPSA) is 63.1 Å². The summed E-state index contributed by atoms with van der Waals surface area (Å²) in [4.78, 5) is 19.4. The molecule has 1 aromatic heterocycles. The molecule has 94 valence electrons. The Morgan fingerprint density at radius 3 is 2.76 bits per heavy atom. The first-order valence-electron chi connectivity index (χ1n) is 5.84. The van der Waals surface area contributed by atoms with E-state index in [9.17, 15) is 4.79 Å². The van der Waals surface area contributed by atoms with E-state index in [-0.39, 0.29) is 5.56 Å². The standard InChI is InChI=1S/C12H18N2O2S/c1-3-5-10-9(12(15)16)7-13-11(14-10)8-17-6-4-2/h7H,3-6,8H2,1-2H3,(H,15,16). The van der Waals surface area contributed by atoms with Crippen molar-refractivity contribution in [2.75, 3.05) is 5.75 Å². The van der Waals surface area contributed by atoms with Crippen LogP contribution in [0.1, 0.15) is 48.6 Å². The summed E-state index contributed by atoms with van der Waals surface area (Å²) >= 11 is 1.77. The van der Waals surface area contributed by atoms with Gasteiger partial charge in [0.2, 0.25) is 0 Å². The van der Waals surface area contributed by atoms with Gasteiger partial charge in [0.25, 0.3) is 0 Å². The molecule has 0 spiro atoms. The van der Waals surface area contributed by atoms with Crippen molar-refractivity contribution in [1.82, 2.24) is 9.97 Å². The van der Waals surface area contributed by atoms with E-state index in [1.54, 1.807) is 11.8 Å². The Bertz CT molecular complexity index is 383. The van der Waals surface area contributed by atoms with Crippen LogP contribution in [0.3, 0.4) is 0 Å². The molecule has 0 amide bonds. The average molecular weight is 254 g/mol. The lowest BCUT2D eigenvalue weighted by Gasteiger charge is -2.06. The van der Waals surface area contributed by atoms with Gasteiger partial charge < -0.3 is 5.11 Å². The van der Waals surface area contributed by atoms with Crippen LogP contribution in [-0.4, -0.2) is 26.8 Å². The first-order valence-corrected chi connectivity index (χ1v) is 7.00. The highest BCUT2D eigenvalue weighted by atomic mass is 32.2. The zero-order chi connectivity index (χ0) is 12.7. The zero-order valence-electron chi connectivity index (χ0n) is 10.3. The van der Waals surface area contributed by atoms with Gasteiger partial charge in [0, 0.05) is 6.20 Å². The normalized spacial score (nSPS) is 10.5. The van der Waals surface area contributed by atoms with E-state index < -0.39 is 5.97 Å². The molecule has 0 aromatic carbocycles. The Hall–Kier alpha value is -1.10. The zero-order valence-corrected chi connectivity index (χ0v) is 11.1. The number of carboxylic acids is 1. The highest BCUT2D eigenvalue weighted by Crippen LogP contribution is 2.13. The molecule has 0 fully saturated rings. The van der Waals surface area contributed by atoms with Gasteiger partial charge in [0.1, 0.15) is 5.82 Å². The average Bonchev–Trinajstić information content (AvgIpc) is 2.30. The van der Waals surface area contributed by atoms with E-state index in [4.69, 9.17) is 5.11 Å². The number of aromatic nitrogens is 2. The Balaban J connectivity index is 2.81. The number of rotatable bonds is 7. The third-order valence-electron chi connectivity index (χ3n) is 2.21. The highest BCUT2D eigenvalue weighted by Gasteiger charge is 2.12. The molecule has 1 heterocycles. The lowest BCUT2D eigenvalue weighted by atomic mass is 10.1. The molecule has 1 N–H and O–H groups in total. The number of aryl methyl sites for hydroxylation is 1. The Morgan fingerprint density at radius 2 is 2.18 bits per heavy atom. The Morgan fingerprint density at radius 1 is 1.41 bits per heavy atom. The summed E-state index contributed by atoms with van der Waals surface area (Å²) in [6.45, 7) is 4.14. The number of hydrogen-bond acceptors (Lipinski definition) is 4. The van der Waals surface area contributed by atoms with Gasteiger partial charge in [-0.2, -0.15) is 11.8 Å². The molecule has 1 aromatic rings. The fraction of sp³-hybridized carbons (Fsp3) is 0.583. The second-order valence-corrected chi connectivity index (χ2v) is 4.86. The van der Waals surface area contributed by atoms with E-state index >= 15 is 0 Å². The van der Waals surface area contributed by atoms with Crippen molar-refractivity contribution in [2.45, 2.75) is 38.9 Å². The fourth-order valence-electron chi connectivity index (χ4n) is 1.44. The molecule has 17 heavy (non-hydrogen) atoms. The lowest BCUT2D eigenvalue weighted by Crippen LogP contribution is -2.08. The molecule has 4 nitrogen and oxygen atoms in total. The van der Waals surface area contributed by atoms with Gasteiger partial charge in [0.05, 0.1) is 17.0 Å². The minimum absolute atomic E-state index is 0.232. The van der Waals surface area contributed by atoms with Crippen LogP contribution in [0, 0.1) is 0 Å². The van der Waals surface area contributed by atoms with Gasteiger partial charge in [-0.3, -0.25) is 0 Å². The fourth-order valence-corrected chi connectivity index (χ4v) is 2.20. The number of thioether (sulfide) groups is 1. The van der Waals surface area contributed by atoms with Crippen LogP contribution in [0.15, 0.2) is 6.20 Å². The molecule has 0 saturated heterocycles. The molecule has 5 heteroatoms. The van der Waals surface area contributed by atoms with Crippen LogP contribution < -0.4 is 0 Å². The quantitative estimate of drug-likeness (QED) is 0.758. The van der Waals surface area contributed by atoms with Crippen molar-refractivity contribution in [3.63, 3.8) is 0 Å². The summed E-state index contributed by atoms with van der Waals surface area (Å²) in [5, 5.41) is 9.01. The van der Waals surface area contributed by atoms with E-state index in [1.807, 2.05) is 6.92 Å². The molecule has 0 aliphatic heterocycles. The Labute approximate surface area is 106 Å². The molecule has 0 bridgehead atoms. The van der Waals surface area contributed by atoms with E-state index in [2.05, 4.69) is 16.9 Å². The van der Waals surface area contributed by atoms with Crippen molar-refractivity contribution in [1.29, 1.82) is 0 Å². The van der Waals surface area contributed by atoms with Gasteiger partial charge in [-0.15, -0.1) is 0 Å². The van der Waals surface area contributed by atoms with Crippen molar-refractivity contribution in [3.8, 4) is 0 Å². The predicted octanol–water partition coefficient (Wildman–Crippen LogP) is 2.77. The maximum Gasteiger partial charge on any atom is 0.339 e. The molecule has 1 rings (SSSR count). The van der Waals surface area contributed by atoms with Crippen LogP contribution in [0.2, 0.25) is 0 Å². The van der Waals surface area contributed by atoms with Crippen LogP contribution in [0.5, 0.6) is 0 Å². The van der Waals surface area contributed by atoms with Crippen LogP contribution in [-0.2, 0) is 12.2 Å². The van der Waals surface area contributed by atoms with Crippen LogP contribution >= 0.6 is 11.8 Å². The van der Waals surface area contributed by atoms with E-state index in [0.717, 1.165) is 30.2 Å². The number of hydrogen-bond donors (Lipinski definition) is 1. The predicted molar refractivity (Wildman–Crippen MR) is 69.4 cm³/mol. The summed E-state index contributed by atoms with van der Waals surface area (Å²) < 4.78 is 0. The maximum absolute atomic E-state index is 11.0. The van der Waals surface area contributed by atoms with Crippen LogP contribution in [0.25, 0.3) is 0 Å². The van der Waals surface area contributed by atoms with Gasteiger partial charge in [0.15, 0.2) is 0 Å². The molecule has 0 aliphatic rings. The second-order valence-electron chi connectivity index (χ2n) is 3.75. The van der Waals surface area contributed by atoms with Gasteiger partial charge in [-0.1, -0.05) is 20.3 Å². The second kappa shape index (κ2) is 7.27. The largest absolute Gasteiger partial charge is 0.478 e.